The second kappa shape index (κ2) is 9.09. The lowest BCUT2D eigenvalue weighted by Gasteiger charge is -2.05. The van der Waals surface area contributed by atoms with E-state index >= 15 is 0 Å². The molecule has 0 aliphatic carbocycles. The summed E-state index contributed by atoms with van der Waals surface area (Å²) in [6, 6.07) is 10.5. The summed E-state index contributed by atoms with van der Waals surface area (Å²) in [5, 5.41) is 17.6. The van der Waals surface area contributed by atoms with E-state index < -0.39 is 5.97 Å². The molecular formula is C19H19N3O4S. The van der Waals surface area contributed by atoms with E-state index in [4.69, 9.17) is 9.63 Å². The Morgan fingerprint density at radius 1 is 1.15 bits per heavy atom. The Bertz CT molecular complexity index is 888. The van der Waals surface area contributed by atoms with Gasteiger partial charge in [-0.1, -0.05) is 23.4 Å². The van der Waals surface area contributed by atoms with Crippen LogP contribution in [0, 0.1) is 0 Å². The van der Waals surface area contributed by atoms with E-state index in [-0.39, 0.29) is 11.5 Å². The summed E-state index contributed by atoms with van der Waals surface area (Å²) < 4.78 is 5.21. The summed E-state index contributed by atoms with van der Waals surface area (Å²) in [6.07, 6.45) is 2.22. The predicted octanol–water partition coefficient (Wildman–Crippen LogP) is 3.18. The summed E-state index contributed by atoms with van der Waals surface area (Å²) >= 11 is 1.55. The SMILES string of the molecule is O=C(CCCc1nc(-c2cccs2)no1)NCCc1ccc(C(=O)O)cc1. The third-order valence-corrected chi connectivity index (χ3v) is 4.81. The monoisotopic (exact) mass is 385 g/mol. The molecule has 0 atom stereocenters. The molecule has 140 valence electrons. The lowest BCUT2D eigenvalue weighted by molar-refractivity contribution is -0.121. The van der Waals surface area contributed by atoms with Gasteiger partial charge in [0.1, 0.15) is 0 Å². The minimum absolute atomic E-state index is 0.0323. The highest BCUT2D eigenvalue weighted by molar-refractivity contribution is 7.13. The number of thiophene rings is 1. The van der Waals surface area contributed by atoms with Crippen molar-refractivity contribution in [3.8, 4) is 10.7 Å². The van der Waals surface area contributed by atoms with E-state index in [1.54, 1.807) is 35.6 Å². The summed E-state index contributed by atoms with van der Waals surface area (Å²) in [5.41, 5.74) is 1.23. The van der Waals surface area contributed by atoms with Crippen LogP contribution < -0.4 is 5.32 Å². The molecule has 0 aliphatic rings. The fourth-order valence-electron chi connectivity index (χ4n) is 2.51. The largest absolute Gasteiger partial charge is 0.478 e. The van der Waals surface area contributed by atoms with Gasteiger partial charge in [-0.25, -0.2) is 4.79 Å². The number of nitrogens with one attached hydrogen (secondary N) is 1. The fraction of sp³-hybridized carbons (Fsp3) is 0.263. The minimum atomic E-state index is -0.946. The number of carboxylic acid groups (broad SMARTS) is 1. The Balaban J connectivity index is 1.34. The zero-order valence-corrected chi connectivity index (χ0v) is 15.4. The van der Waals surface area contributed by atoms with Crippen LogP contribution in [0.4, 0.5) is 0 Å². The average Bonchev–Trinajstić information content (AvgIpc) is 3.34. The highest BCUT2D eigenvalue weighted by Crippen LogP contribution is 2.21. The van der Waals surface area contributed by atoms with Crippen LogP contribution >= 0.6 is 11.3 Å². The van der Waals surface area contributed by atoms with Crippen molar-refractivity contribution >= 4 is 23.2 Å². The molecule has 0 saturated heterocycles. The number of carbonyl (C=O) groups is 2. The van der Waals surface area contributed by atoms with E-state index in [0.29, 0.717) is 43.9 Å². The zero-order valence-electron chi connectivity index (χ0n) is 14.6. The number of aromatic carboxylic acids is 1. The third kappa shape index (κ3) is 5.49. The number of amides is 1. The quantitative estimate of drug-likeness (QED) is 0.586. The number of nitrogens with zero attached hydrogens (tertiary/aromatic N) is 2. The molecule has 8 heteroatoms. The maximum Gasteiger partial charge on any atom is 0.335 e. The van der Waals surface area contributed by atoms with Crippen molar-refractivity contribution in [3.63, 3.8) is 0 Å². The van der Waals surface area contributed by atoms with Gasteiger partial charge in [-0.2, -0.15) is 4.98 Å². The van der Waals surface area contributed by atoms with Crippen molar-refractivity contribution < 1.29 is 19.2 Å². The highest BCUT2D eigenvalue weighted by Gasteiger charge is 2.10. The number of benzene rings is 1. The van der Waals surface area contributed by atoms with Crippen LogP contribution in [-0.4, -0.2) is 33.7 Å². The first kappa shape index (κ1) is 18.8. The molecule has 0 spiro atoms. The summed E-state index contributed by atoms with van der Waals surface area (Å²) in [5.74, 6) is 0.136. The topological polar surface area (TPSA) is 105 Å². The van der Waals surface area contributed by atoms with Gasteiger partial charge in [-0.15, -0.1) is 11.3 Å². The van der Waals surface area contributed by atoms with Gasteiger partial charge < -0.3 is 14.9 Å². The van der Waals surface area contributed by atoms with Gasteiger partial charge in [0, 0.05) is 19.4 Å². The molecule has 0 aliphatic heterocycles. The molecule has 7 nitrogen and oxygen atoms in total. The van der Waals surface area contributed by atoms with Crippen LogP contribution in [0.3, 0.4) is 0 Å². The summed E-state index contributed by atoms with van der Waals surface area (Å²) in [4.78, 5) is 28.0. The van der Waals surface area contributed by atoms with Crippen LogP contribution in [0.1, 0.15) is 34.7 Å². The van der Waals surface area contributed by atoms with Gasteiger partial charge in [0.2, 0.25) is 17.6 Å². The van der Waals surface area contributed by atoms with Crippen molar-refractivity contribution in [2.75, 3.05) is 6.54 Å². The van der Waals surface area contributed by atoms with E-state index in [9.17, 15) is 9.59 Å². The van der Waals surface area contributed by atoms with Gasteiger partial charge >= 0.3 is 5.97 Å². The number of hydrogen-bond donors (Lipinski definition) is 2. The van der Waals surface area contributed by atoms with E-state index in [2.05, 4.69) is 15.5 Å². The molecule has 0 fully saturated rings. The van der Waals surface area contributed by atoms with Crippen molar-refractivity contribution in [1.29, 1.82) is 0 Å². The lowest BCUT2D eigenvalue weighted by Crippen LogP contribution is -2.25. The van der Waals surface area contributed by atoms with Crippen molar-refractivity contribution in [1.82, 2.24) is 15.5 Å². The smallest absolute Gasteiger partial charge is 0.335 e. The Morgan fingerprint density at radius 3 is 2.67 bits per heavy atom. The fourth-order valence-corrected chi connectivity index (χ4v) is 3.16. The van der Waals surface area contributed by atoms with Crippen LogP contribution in [0.25, 0.3) is 10.7 Å². The number of carboxylic acids is 1. The molecule has 2 aromatic heterocycles. The summed E-state index contributed by atoms with van der Waals surface area (Å²) in [6.45, 7) is 0.508. The highest BCUT2D eigenvalue weighted by atomic mass is 32.1. The van der Waals surface area contributed by atoms with Crippen LogP contribution in [-0.2, 0) is 17.6 Å². The number of aryl methyl sites for hydroxylation is 1. The molecule has 1 aromatic carbocycles. The Morgan fingerprint density at radius 2 is 1.96 bits per heavy atom. The van der Waals surface area contributed by atoms with Crippen molar-refractivity contribution in [2.45, 2.75) is 25.7 Å². The van der Waals surface area contributed by atoms with Gasteiger partial charge in [0.25, 0.3) is 0 Å². The first-order valence-corrected chi connectivity index (χ1v) is 9.45. The first-order valence-electron chi connectivity index (χ1n) is 8.57. The summed E-state index contributed by atoms with van der Waals surface area (Å²) in [7, 11) is 0. The second-order valence-corrected chi connectivity index (χ2v) is 6.89. The molecule has 2 heterocycles. The van der Waals surface area contributed by atoms with E-state index in [1.807, 2.05) is 17.5 Å². The maximum absolute atomic E-state index is 11.9. The molecule has 0 radical (unpaired) electrons. The molecule has 3 aromatic rings. The van der Waals surface area contributed by atoms with Crippen LogP contribution in [0.5, 0.6) is 0 Å². The predicted molar refractivity (Wildman–Crippen MR) is 101 cm³/mol. The standard InChI is InChI=1S/C19H19N3O4S/c23-16(20-11-10-13-6-8-14(9-7-13)19(24)25)4-1-5-17-21-18(22-26-17)15-3-2-12-27-15/h2-3,6-9,12H,1,4-5,10-11H2,(H,20,23)(H,24,25). The second-order valence-electron chi connectivity index (χ2n) is 5.94. The number of aromatic nitrogens is 2. The lowest BCUT2D eigenvalue weighted by atomic mass is 10.1. The molecule has 2 N–H and O–H groups in total. The molecule has 0 unspecified atom stereocenters. The number of rotatable bonds is 9. The van der Waals surface area contributed by atoms with Gasteiger partial charge in [-0.3, -0.25) is 4.79 Å². The van der Waals surface area contributed by atoms with E-state index in [1.165, 1.54) is 0 Å². The van der Waals surface area contributed by atoms with Gasteiger partial charge in [0.05, 0.1) is 10.4 Å². The van der Waals surface area contributed by atoms with E-state index in [0.717, 1.165) is 10.4 Å². The zero-order chi connectivity index (χ0) is 19.1. The number of hydrogen-bond acceptors (Lipinski definition) is 6. The van der Waals surface area contributed by atoms with Crippen LogP contribution in [0.15, 0.2) is 46.3 Å². The van der Waals surface area contributed by atoms with Gasteiger partial charge in [0.15, 0.2) is 0 Å². The average molecular weight is 385 g/mol. The van der Waals surface area contributed by atoms with Crippen molar-refractivity contribution in [2.24, 2.45) is 0 Å². The van der Waals surface area contributed by atoms with Crippen LogP contribution in [0.2, 0.25) is 0 Å². The molecule has 27 heavy (non-hydrogen) atoms. The minimum Gasteiger partial charge on any atom is -0.478 e. The molecule has 1 amide bonds. The Hall–Kier alpha value is -3.00. The molecular weight excluding hydrogens is 366 g/mol. The molecule has 0 saturated carbocycles. The normalized spacial score (nSPS) is 10.7. The first-order chi connectivity index (χ1) is 13.1. The molecule has 3 rings (SSSR count). The van der Waals surface area contributed by atoms with Crippen molar-refractivity contribution in [3.05, 3.63) is 58.8 Å². The maximum atomic E-state index is 11.9. The van der Waals surface area contributed by atoms with Gasteiger partial charge in [-0.05, 0) is 42.0 Å². The third-order valence-electron chi connectivity index (χ3n) is 3.94. The Kier molecular flexibility index (Phi) is 6.32. The Labute approximate surface area is 160 Å². The number of carbonyl (C=O) groups excluding carboxylic acids is 1. The molecule has 0 bridgehead atoms.